The van der Waals surface area contributed by atoms with Gasteiger partial charge in [-0.15, -0.1) is 0 Å². The van der Waals surface area contributed by atoms with E-state index in [1.54, 1.807) is 0 Å². The third kappa shape index (κ3) is 3.57. The molecule has 2 saturated heterocycles. The maximum Gasteiger partial charge on any atom is 0.104 e. The SMILES string of the molecule is NC(=S)c1ccc(CN2CCN3CCCCC3C2)c(Cl)c1. The minimum atomic E-state index is 0.402. The van der Waals surface area contributed by atoms with E-state index in [0.29, 0.717) is 4.99 Å². The standard InChI is InChI=1S/C16H22ClN3S/c17-15-9-12(16(18)21)4-5-13(15)10-19-7-8-20-6-2-1-3-14(20)11-19/h4-5,9,14H,1-3,6-8,10-11H2,(H2,18,21). The summed E-state index contributed by atoms with van der Waals surface area (Å²) in [7, 11) is 0. The normalized spacial score (nSPS) is 23.8. The van der Waals surface area contributed by atoms with E-state index in [0.717, 1.165) is 36.3 Å². The molecule has 0 radical (unpaired) electrons. The van der Waals surface area contributed by atoms with Crippen molar-refractivity contribution in [2.24, 2.45) is 5.73 Å². The van der Waals surface area contributed by atoms with Crippen molar-refractivity contribution in [2.45, 2.75) is 31.8 Å². The lowest BCUT2D eigenvalue weighted by atomic mass is 9.99. The van der Waals surface area contributed by atoms with E-state index in [-0.39, 0.29) is 0 Å². The van der Waals surface area contributed by atoms with Crippen molar-refractivity contribution in [3.8, 4) is 0 Å². The number of halogens is 1. The van der Waals surface area contributed by atoms with Crippen molar-refractivity contribution in [2.75, 3.05) is 26.2 Å². The molecule has 0 saturated carbocycles. The molecular weight excluding hydrogens is 302 g/mol. The van der Waals surface area contributed by atoms with Crippen molar-refractivity contribution in [3.63, 3.8) is 0 Å². The number of nitrogens with two attached hydrogens (primary N) is 1. The second-order valence-electron chi connectivity index (χ2n) is 6.09. The Bertz CT molecular complexity index is 534. The predicted molar refractivity (Wildman–Crippen MR) is 91.8 cm³/mol. The average molecular weight is 324 g/mol. The van der Waals surface area contributed by atoms with Crippen LogP contribution in [0.25, 0.3) is 0 Å². The highest BCUT2D eigenvalue weighted by Crippen LogP contribution is 2.24. The number of hydrogen-bond acceptors (Lipinski definition) is 3. The van der Waals surface area contributed by atoms with Crippen molar-refractivity contribution in [3.05, 3.63) is 34.3 Å². The zero-order valence-corrected chi connectivity index (χ0v) is 13.8. The minimum Gasteiger partial charge on any atom is -0.389 e. The van der Waals surface area contributed by atoms with Crippen LogP contribution in [0.3, 0.4) is 0 Å². The van der Waals surface area contributed by atoms with Crippen LogP contribution in [0, 0.1) is 0 Å². The fourth-order valence-corrected chi connectivity index (χ4v) is 3.80. The summed E-state index contributed by atoms with van der Waals surface area (Å²) in [6.45, 7) is 5.67. The Morgan fingerprint density at radius 3 is 2.90 bits per heavy atom. The van der Waals surface area contributed by atoms with Gasteiger partial charge in [-0.3, -0.25) is 9.80 Å². The first-order valence-electron chi connectivity index (χ1n) is 7.68. The van der Waals surface area contributed by atoms with Crippen LogP contribution in [0.5, 0.6) is 0 Å². The third-order valence-corrected chi connectivity index (χ3v) is 5.24. The zero-order chi connectivity index (χ0) is 14.8. The van der Waals surface area contributed by atoms with Crippen molar-refractivity contribution in [1.82, 2.24) is 9.80 Å². The lowest BCUT2D eigenvalue weighted by molar-refractivity contribution is 0.0457. The second-order valence-corrected chi connectivity index (χ2v) is 6.94. The van der Waals surface area contributed by atoms with E-state index in [1.165, 1.54) is 37.9 Å². The maximum atomic E-state index is 6.38. The highest BCUT2D eigenvalue weighted by Gasteiger charge is 2.28. The molecule has 2 aliphatic heterocycles. The molecule has 1 aromatic carbocycles. The van der Waals surface area contributed by atoms with Crippen LogP contribution < -0.4 is 5.73 Å². The molecule has 2 aliphatic rings. The van der Waals surface area contributed by atoms with Gasteiger partial charge in [0.15, 0.2) is 0 Å². The van der Waals surface area contributed by atoms with Gasteiger partial charge < -0.3 is 5.73 Å². The highest BCUT2D eigenvalue weighted by molar-refractivity contribution is 7.80. The summed E-state index contributed by atoms with van der Waals surface area (Å²) in [6, 6.07) is 6.66. The van der Waals surface area contributed by atoms with E-state index >= 15 is 0 Å². The molecule has 21 heavy (non-hydrogen) atoms. The van der Waals surface area contributed by atoms with Crippen LogP contribution in [0.4, 0.5) is 0 Å². The van der Waals surface area contributed by atoms with Crippen molar-refractivity contribution < 1.29 is 0 Å². The smallest absolute Gasteiger partial charge is 0.104 e. The molecule has 1 unspecified atom stereocenters. The molecule has 5 heteroatoms. The summed E-state index contributed by atoms with van der Waals surface area (Å²) in [5.74, 6) is 0. The number of piperidine rings is 1. The molecule has 3 nitrogen and oxygen atoms in total. The fourth-order valence-electron chi connectivity index (χ4n) is 3.43. The Kier molecular flexibility index (Phi) is 4.79. The van der Waals surface area contributed by atoms with Gasteiger partial charge in [0, 0.05) is 42.8 Å². The van der Waals surface area contributed by atoms with Gasteiger partial charge in [-0.2, -0.15) is 0 Å². The first kappa shape index (κ1) is 15.2. The molecule has 1 aromatic rings. The molecule has 0 amide bonds. The Morgan fingerprint density at radius 1 is 1.29 bits per heavy atom. The summed E-state index contributed by atoms with van der Waals surface area (Å²) >= 11 is 11.4. The van der Waals surface area contributed by atoms with Crippen LogP contribution in [-0.2, 0) is 6.54 Å². The number of benzene rings is 1. The Balaban J connectivity index is 1.65. The van der Waals surface area contributed by atoms with E-state index in [2.05, 4.69) is 15.9 Å². The number of thiocarbonyl (C=S) groups is 1. The second kappa shape index (κ2) is 6.61. The molecule has 1 atom stereocenters. The fraction of sp³-hybridized carbons (Fsp3) is 0.562. The molecule has 2 fully saturated rings. The molecule has 0 bridgehead atoms. The van der Waals surface area contributed by atoms with E-state index in [1.807, 2.05) is 12.1 Å². The maximum absolute atomic E-state index is 6.38. The lowest BCUT2D eigenvalue weighted by Gasteiger charge is -2.44. The van der Waals surface area contributed by atoms with Gasteiger partial charge >= 0.3 is 0 Å². The van der Waals surface area contributed by atoms with E-state index < -0.39 is 0 Å². The molecule has 2 N–H and O–H groups in total. The average Bonchev–Trinajstić information content (AvgIpc) is 2.49. The molecule has 114 valence electrons. The number of rotatable bonds is 3. The number of fused-ring (bicyclic) bond motifs is 1. The zero-order valence-electron chi connectivity index (χ0n) is 12.2. The van der Waals surface area contributed by atoms with Crippen LogP contribution in [-0.4, -0.2) is 47.0 Å². The first-order chi connectivity index (χ1) is 10.1. The molecule has 0 aliphatic carbocycles. The Hall–Kier alpha value is -0.680. The Labute approximate surface area is 137 Å². The summed E-state index contributed by atoms with van der Waals surface area (Å²) in [4.78, 5) is 5.57. The number of hydrogen-bond donors (Lipinski definition) is 1. The number of piperazine rings is 1. The molecular formula is C16H22ClN3S. The topological polar surface area (TPSA) is 32.5 Å². The van der Waals surface area contributed by atoms with Crippen LogP contribution >= 0.6 is 23.8 Å². The van der Waals surface area contributed by atoms with Gasteiger partial charge in [-0.1, -0.05) is 42.4 Å². The monoisotopic (exact) mass is 323 g/mol. The van der Waals surface area contributed by atoms with Crippen LogP contribution in [0.1, 0.15) is 30.4 Å². The van der Waals surface area contributed by atoms with E-state index in [9.17, 15) is 0 Å². The van der Waals surface area contributed by atoms with Gasteiger partial charge in [0.2, 0.25) is 0 Å². The summed E-state index contributed by atoms with van der Waals surface area (Å²) in [5, 5.41) is 0.770. The molecule has 0 spiro atoms. The third-order valence-electron chi connectivity index (χ3n) is 4.65. The van der Waals surface area contributed by atoms with Gasteiger partial charge in [0.05, 0.1) is 0 Å². The first-order valence-corrected chi connectivity index (χ1v) is 8.47. The van der Waals surface area contributed by atoms with Gasteiger partial charge in [0.25, 0.3) is 0 Å². The summed E-state index contributed by atoms with van der Waals surface area (Å²) < 4.78 is 0. The van der Waals surface area contributed by atoms with Crippen LogP contribution in [0.15, 0.2) is 18.2 Å². The Morgan fingerprint density at radius 2 is 2.14 bits per heavy atom. The van der Waals surface area contributed by atoms with Gasteiger partial charge in [-0.05, 0) is 31.0 Å². The largest absolute Gasteiger partial charge is 0.389 e. The van der Waals surface area contributed by atoms with Crippen molar-refractivity contribution in [1.29, 1.82) is 0 Å². The lowest BCUT2D eigenvalue weighted by Crippen LogP contribution is -2.54. The summed E-state index contributed by atoms with van der Waals surface area (Å²) in [5.41, 5.74) is 7.66. The van der Waals surface area contributed by atoms with Crippen LogP contribution in [0.2, 0.25) is 5.02 Å². The van der Waals surface area contributed by atoms with E-state index in [4.69, 9.17) is 29.6 Å². The highest BCUT2D eigenvalue weighted by atomic mass is 35.5. The molecule has 2 heterocycles. The minimum absolute atomic E-state index is 0.402. The van der Waals surface area contributed by atoms with Gasteiger partial charge in [-0.25, -0.2) is 0 Å². The molecule has 3 rings (SSSR count). The van der Waals surface area contributed by atoms with Gasteiger partial charge in [0.1, 0.15) is 4.99 Å². The van der Waals surface area contributed by atoms with Crippen molar-refractivity contribution >= 4 is 28.8 Å². The predicted octanol–water partition coefficient (Wildman–Crippen LogP) is 2.64. The summed E-state index contributed by atoms with van der Waals surface area (Å²) in [6.07, 6.45) is 4.08. The molecule has 0 aromatic heterocycles. The quantitative estimate of drug-likeness (QED) is 0.867. The number of nitrogens with zero attached hydrogens (tertiary/aromatic N) is 2.